The minimum absolute atomic E-state index is 0.144. The number of carbonyl (C=O) groups is 2. The number of hydrogen-bond acceptors (Lipinski definition) is 6. The second kappa shape index (κ2) is 8.94. The second-order valence-corrected chi connectivity index (χ2v) is 6.25. The number of rotatable bonds is 7. The molecule has 2 aromatic rings. The van der Waals surface area contributed by atoms with E-state index in [2.05, 4.69) is 20.9 Å². The molecule has 0 aliphatic carbocycles. The van der Waals surface area contributed by atoms with Crippen molar-refractivity contribution in [1.29, 1.82) is 0 Å². The summed E-state index contributed by atoms with van der Waals surface area (Å²) in [4.78, 5) is 37.1. The van der Waals surface area contributed by atoms with Crippen LogP contribution in [0.5, 0.6) is 0 Å². The van der Waals surface area contributed by atoms with E-state index in [1.165, 1.54) is 0 Å². The number of hydrogen-bond donors (Lipinski definition) is 3. The third-order valence-electron chi connectivity index (χ3n) is 2.87. The Morgan fingerprint density at radius 1 is 1.32 bits per heavy atom. The lowest BCUT2D eigenvalue weighted by atomic mass is 10.3. The molecule has 11 heteroatoms. The number of nitrogens with one attached hydrogen (secondary N) is 3. The normalized spacial score (nSPS) is 10.1. The van der Waals surface area contributed by atoms with Crippen LogP contribution in [0.4, 0.5) is 20.6 Å². The Morgan fingerprint density at radius 2 is 2.12 bits per heavy atom. The molecule has 0 atom stereocenters. The zero-order chi connectivity index (χ0) is 18.2. The van der Waals surface area contributed by atoms with Gasteiger partial charge >= 0.3 is 11.0 Å². The molecule has 0 fully saturated rings. The number of amides is 3. The molecular weight excluding hydrogens is 370 g/mol. The second-order valence-electron chi connectivity index (χ2n) is 4.80. The lowest BCUT2D eigenvalue weighted by molar-refractivity contribution is -0.380. The summed E-state index contributed by atoms with van der Waals surface area (Å²) >= 11 is 6.60. The van der Waals surface area contributed by atoms with Crippen molar-refractivity contribution in [3.63, 3.8) is 0 Å². The molecule has 1 heterocycles. The van der Waals surface area contributed by atoms with Gasteiger partial charge in [0.25, 0.3) is 0 Å². The van der Waals surface area contributed by atoms with Crippen molar-refractivity contribution in [2.24, 2.45) is 0 Å². The van der Waals surface area contributed by atoms with Crippen LogP contribution in [0.3, 0.4) is 0 Å². The molecule has 3 amide bonds. The summed E-state index contributed by atoms with van der Waals surface area (Å²) in [6, 6.07) is 6.32. The van der Waals surface area contributed by atoms with E-state index in [9.17, 15) is 19.7 Å². The molecule has 0 radical (unpaired) electrons. The van der Waals surface area contributed by atoms with E-state index in [4.69, 9.17) is 11.6 Å². The Hall–Kier alpha value is -2.72. The van der Waals surface area contributed by atoms with E-state index in [1.54, 1.807) is 24.3 Å². The zero-order valence-electron chi connectivity index (χ0n) is 12.8. The number of halogens is 1. The Labute approximate surface area is 151 Å². The highest BCUT2D eigenvalue weighted by Crippen LogP contribution is 2.24. The zero-order valence-corrected chi connectivity index (χ0v) is 14.4. The third kappa shape index (κ3) is 6.36. The van der Waals surface area contributed by atoms with Crippen molar-refractivity contribution >= 4 is 50.7 Å². The van der Waals surface area contributed by atoms with Crippen LogP contribution in [-0.2, 0) is 4.79 Å². The summed E-state index contributed by atoms with van der Waals surface area (Å²) < 4.78 is 0. The molecule has 0 bridgehead atoms. The molecule has 1 aromatic heterocycles. The van der Waals surface area contributed by atoms with E-state index >= 15 is 0 Å². The van der Waals surface area contributed by atoms with Gasteiger partial charge in [0.05, 0.1) is 4.92 Å². The SMILES string of the molecule is O=C(CCCNC(=O)Nc1cccc(Cl)c1)Nc1ncc([N+](=O)[O-])s1. The van der Waals surface area contributed by atoms with Crippen molar-refractivity contribution in [3.8, 4) is 0 Å². The summed E-state index contributed by atoms with van der Waals surface area (Å²) in [7, 11) is 0. The van der Waals surface area contributed by atoms with Crippen molar-refractivity contribution in [2.45, 2.75) is 12.8 Å². The molecule has 2 rings (SSSR count). The number of aromatic nitrogens is 1. The lowest BCUT2D eigenvalue weighted by Gasteiger charge is -2.07. The molecule has 9 nitrogen and oxygen atoms in total. The smallest absolute Gasteiger partial charge is 0.338 e. The maximum atomic E-state index is 11.7. The van der Waals surface area contributed by atoms with Crippen LogP contribution >= 0.6 is 22.9 Å². The van der Waals surface area contributed by atoms with Crippen LogP contribution in [0, 0.1) is 10.1 Å². The van der Waals surface area contributed by atoms with Crippen molar-refractivity contribution in [2.75, 3.05) is 17.2 Å². The molecule has 0 aliphatic rings. The summed E-state index contributed by atoms with van der Waals surface area (Å²) in [5, 5.41) is 18.8. The van der Waals surface area contributed by atoms with E-state index in [0.717, 1.165) is 17.5 Å². The number of nitrogens with zero attached hydrogens (tertiary/aromatic N) is 2. The van der Waals surface area contributed by atoms with Gasteiger partial charge in [-0.1, -0.05) is 17.7 Å². The molecule has 0 saturated heterocycles. The first kappa shape index (κ1) is 18.6. The predicted molar refractivity (Wildman–Crippen MR) is 95.1 cm³/mol. The first-order chi connectivity index (χ1) is 11.9. The van der Waals surface area contributed by atoms with Crippen LogP contribution < -0.4 is 16.0 Å². The Bertz CT molecular complexity index is 782. The van der Waals surface area contributed by atoms with Crippen LogP contribution in [0.1, 0.15) is 12.8 Å². The predicted octanol–water partition coefficient (Wildman–Crippen LogP) is 3.25. The van der Waals surface area contributed by atoms with Crippen molar-refractivity contribution in [3.05, 3.63) is 45.6 Å². The molecule has 0 aliphatic heterocycles. The van der Waals surface area contributed by atoms with E-state index in [0.29, 0.717) is 17.1 Å². The number of nitro groups is 1. The topological polar surface area (TPSA) is 126 Å². The standard InChI is InChI=1S/C14H14ClN5O4S/c15-9-3-1-4-10(7-9)18-13(22)16-6-2-5-11(21)19-14-17-8-12(25-14)20(23)24/h1,3-4,7-8H,2,5-6H2,(H2,16,18,22)(H,17,19,21). The highest BCUT2D eigenvalue weighted by atomic mass is 35.5. The van der Waals surface area contributed by atoms with Gasteiger partial charge in [0.1, 0.15) is 6.20 Å². The number of thiazole rings is 1. The van der Waals surface area contributed by atoms with E-state index in [-0.39, 0.29) is 29.0 Å². The summed E-state index contributed by atoms with van der Waals surface area (Å²) in [5.74, 6) is -0.332. The fourth-order valence-corrected chi connectivity index (χ4v) is 2.62. The molecule has 3 N–H and O–H groups in total. The fourth-order valence-electron chi connectivity index (χ4n) is 1.78. The molecule has 1 aromatic carbocycles. The van der Waals surface area contributed by atoms with Gasteiger partial charge in [0, 0.05) is 23.7 Å². The lowest BCUT2D eigenvalue weighted by Crippen LogP contribution is -2.30. The minimum atomic E-state index is -0.574. The van der Waals surface area contributed by atoms with Gasteiger partial charge in [-0.05, 0) is 36.0 Å². The van der Waals surface area contributed by atoms with Crippen LogP contribution in [0.2, 0.25) is 5.02 Å². The monoisotopic (exact) mass is 383 g/mol. The highest BCUT2D eigenvalue weighted by molar-refractivity contribution is 7.18. The largest absolute Gasteiger partial charge is 0.345 e. The molecule has 25 heavy (non-hydrogen) atoms. The molecular formula is C14H14ClN5O4S. The van der Waals surface area contributed by atoms with Gasteiger partial charge in [-0.25, -0.2) is 9.78 Å². The molecule has 132 valence electrons. The average molecular weight is 384 g/mol. The molecule has 0 saturated carbocycles. The molecule has 0 spiro atoms. The number of benzene rings is 1. The quantitative estimate of drug-likeness (QED) is 0.384. The number of anilines is 2. The summed E-state index contributed by atoms with van der Waals surface area (Å²) in [6.07, 6.45) is 1.63. The van der Waals surface area contributed by atoms with Gasteiger partial charge in [0.15, 0.2) is 5.13 Å². The molecule has 0 unspecified atom stereocenters. The van der Waals surface area contributed by atoms with Gasteiger partial charge in [-0.2, -0.15) is 0 Å². The first-order valence-corrected chi connectivity index (χ1v) is 8.34. The maximum absolute atomic E-state index is 11.7. The third-order valence-corrected chi connectivity index (χ3v) is 3.97. The summed E-state index contributed by atoms with van der Waals surface area (Å²) in [6.45, 7) is 0.290. The van der Waals surface area contributed by atoms with Gasteiger partial charge in [0.2, 0.25) is 5.91 Å². The summed E-state index contributed by atoms with van der Waals surface area (Å²) in [5.41, 5.74) is 0.563. The fraction of sp³-hybridized carbons (Fsp3) is 0.214. The van der Waals surface area contributed by atoms with E-state index in [1.807, 2.05) is 0 Å². The maximum Gasteiger partial charge on any atom is 0.345 e. The van der Waals surface area contributed by atoms with E-state index < -0.39 is 11.0 Å². The van der Waals surface area contributed by atoms with Gasteiger partial charge < -0.3 is 16.0 Å². The van der Waals surface area contributed by atoms with Crippen LogP contribution in [0.25, 0.3) is 0 Å². The Kier molecular flexibility index (Phi) is 6.66. The van der Waals surface area contributed by atoms with Crippen molar-refractivity contribution in [1.82, 2.24) is 10.3 Å². The van der Waals surface area contributed by atoms with Crippen LogP contribution in [-0.4, -0.2) is 28.4 Å². The number of carbonyl (C=O) groups excluding carboxylic acids is 2. The Balaban J connectivity index is 1.65. The highest BCUT2D eigenvalue weighted by Gasteiger charge is 2.13. The number of urea groups is 1. The van der Waals surface area contributed by atoms with Crippen LogP contribution in [0.15, 0.2) is 30.5 Å². The first-order valence-electron chi connectivity index (χ1n) is 7.14. The van der Waals surface area contributed by atoms with Crippen molar-refractivity contribution < 1.29 is 14.5 Å². The minimum Gasteiger partial charge on any atom is -0.338 e. The van der Waals surface area contributed by atoms with Gasteiger partial charge in [-0.15, -0.1) is 0 Å². The average Bonchev–Trinajstić information content (AvgIpc) is 3.00. The van der Waals surface area contributed by atoms with Gasteiger partial charge in [-0.3, -0.25) is 14.9 Å². The Morgan fingerprint density at radius 3 is 2.80 bits per heavy atom.